The molecule has 8 heteroatoms. The summed E-state index contributed by atoms with van der Waals surface area (Å²) in [7, 11) is 3.16. The lowest BCUT2D eigenvalue weighted by atomic mass is 10.2. The van der Waals surface area contributed by atoms with Crippen molar-refractivity contribution >= 4 is 23.5 Å². The van der Waals surface area contributed by atoms with Gasteiger partial charge in [-0.05, 0) is 30.5 Å². The molecule has 0 radical (unpaired) electrons. The Labute approximate surface area is 157 Å². The second-order valence-electron chi connectivity index (χ2n) is 5.96. The zero-order chi connectivity index (χ0) is 18.5. The van der Waals surface area contributed by atoms with E-state index >= 15 is 0 Å². The summed E-state index contributed by atoms with van der Waals surface area (Å²) >= 11 is 6.13. The van der Waals surface area contributed by atoms with Crippen LogP contribution in [0.25, 0.3) is 0 Å². The summed E-state index contributed by atoms with van der Waals surface area (Å²) in [6, 6.07) is 5.44. The third-order valence-electron chi connectivity index (χ3n) is 4.20. The SMILES string of the molecule is COc1cc(CNC(=O)c2nc(N3CCCC3)ncc2Cl)cc(OC)c1. The van der Waals surface area contributed by atoms with E-state index in [1.165, 1.54) is 6.20 Å². The molecular formula is C18H21ClN4O3. The number of methoxy groups -OCH3 is 2. The van der Waals surface area contributed by atoms with Gasteiger partial charge in [0, 0.05) is 25.7 Å². The Balaban J connectivity index is 1.73. The Morgan fingerprint density at radius 2 is 1.85 bits per heavy atom. The molecule has 1 aromatic carbocycles. The van der Waals surface area contributed by atoms with Crippen molar-refractivity contribution in [2.75, 3.05) is 32.2 Å². The number of nitrogens with one attached hydrogen (secondary N) is 1. The molecule has 1 saturated heterocycles. The van der Waals surface area contributed by atoms with Gasteiger partial charge >= 0.3 is 0 Å². The highest BCUT2D eigenvalue weighted by atomic mass is 35.5. The first kappa shape index (κ1) is 18.3. The van der Waals surface area contributed by atoms with E-state index in [-0.39, 0.29) is 16.6 Å². The first-order valence-corrected chi connectivity index (χ1v) is 8.76. The van der Waals surface area contributed by atoms with Gasteiger partial charge in [0.2, 0.25) is 5.95 Å². The van der Waals surface area contributed by atoms with Crippen LogP contribution in [0.4, 0.5) is 5.95 Å². The molecule has 7 nitrogen and oxygen atoms in total. The topological polar surface area (TPSA) is 76.6 Å². The van der Waals surface area contributed by atoms with E-state index in [0.29, 0.717) is 24.0 Å². The van der Waals surface area contributed by atoms with Crippen LogP contribution in [0.1, 0.15) is 28.9 Å². The first-order chi connectivity index (χ1) is 12.6. The Morgan fingerprint density at radius 3 is 2.46 bits per heavy atom. The molecule has 1 aromatic heterocycles. The van der Waals surface area contributed by atoms with E-state index in [2.05, 4.69) is 20.2 Å². The van der Waals surface area contributed by atoms with Crippen molar-refractivity contribution in [1.82, 2.24) is 15.3 Å². The largest absolute Gasteiger partial charge is 0.497 e. The van der Waals surface area contributed by atoms with Crippen molar-refractivity contribution < 1.29 is 14.3 Å². The van der Waals surface area contributed by atoms with Crippen LogP contribution in [0.2, 0.25) is 5.02 Å². The second kappa shape index (κ2) is 8.23. The van der Waals surface area contributed by atoms with Crippen molar-refractivity contribution in [3.8, 4) is 11.5 Å². The van der Waals surface area contributed by atoms with E-state index < -0.39 is 0 Å². The van der Waals surface area contributed by atoms with Gasteiger partial charge in [0.1, 0.15) is 11.5 Å². The fourth-order valence-corrected chi connectivity index (χ4v) is 3.00. The van der Waals surface area contributed by atoms with E-state index in [1.807, 2.05) is 12.1 Å². The molecule has 1 aliphatic rings. The summed E-state index contributed by atoms with van der Waals surface area (Å²) in [5.74, 6) is 1.51. The zero-order valence-corrected chi connectivity index (χ0v) is 15.5. The standard InChI is InChI=1S/C18H21ClN4O3/c1-25-13-7-12(8-14(9-13)26-2)10-20-17(24)16-15(19)11-21-18(22-16)23-5-3-4-6-23/h7-9,11H,3-6,10H2,1-2H3,(H,20,24). The molecule has 0 spiro atoms. The summed E-state index contributed by atoms with van der Waals surface area (Å²) in [5.41, 5.74) is 1.03. The predicted octanol–water partition coefficient (Wildman–Crippen LogP) is 2.68. The molecule has 1 amide bonds. The number of amides is 1. The average Bonchev–Trinajstić information content (AvgIpc) is 3.20. The number of aromatic nitrogens is 2. The van der Waals surface area contributed by atoms with E-state index in [4.69, 9.17) is 21.1 Å². The molecule has 1 fully saturated rings. The number of anilines is 1. The van der Waals surface area contributed by atoms with Crippen molar-refractivity contribution in [1.29, 1.82) is 0 Å². The molecule has 2 heterocycles. The van der Waals surface area contributed by atoms with Crippen molar-refractivity contribution in [3.05, 3.63) is 40.7 Å². The molecule has 138 valence electrons. The molecule has 0 aliphatic carbocycles. The number of hydrogen-bond donors (Lipinski definition) is 1. The summed E-state index contributed by atoms with van der Waals surface area (Å²) in [6.45, 7) is 2.09. The lowest BCUT2D eigenvalue weighted by Gasteiger charge is -2.16. The smallest absolute Gasteiger partial charge is 0.271 e. The molecule has 1 aliphatic heterocycles. The normalized spacial score (nSPS) is 13.6. The predicted molar refractivity (Wildman–Crippen MR) is 99.2 cm³/mol. The van der Waals surface area contributed by atoms with Gasteiger partial charge in [0.05, 0.1) is 25.4 Å². The molecule has 1 N–H and O–H groups in total. The van der Waals surface area contributed by atoms with Gasteiger partial charge in [-0.15, -0.1) is 0 Å². The minimum Gasteiger partial charge on any atom is -0.497 e. The second-order valence-corrected chi connectivity index (χ2v) is 6.37. The summed E-state index contributed by atoms with van der Waals surface area (Å²) in [6.07, 6.45) is 3.68. The zero-order valence-electron chi connectivity index (χ0n) is 14.8. The Kier molecular flexibility index (Phi) is 5.78. The van der Waals surface area contributed by atoms with Crippen molar-refractivity contribution in [2.24, 2.45) is 0 Å². The fraction of sp³-hybridized carbons (Fsp3) is 0.389. The maximum atomic E-state index is 12.5. The number of benzene rings is 1. The van der Waals surface area contributed by atoms with Gasteiger partial charge in [-0.25, -0.2) is 9.97 Å². The quantitative estimate of drug-likeness (QED) is 0.835. The van der Waals surface area contributed by atoms with E-state index in [9.17, 15) is 4.79 Å². The number of carbonyl (C=O) groups excluding carboxylic acids is 1. The van der Waals surface area contributed by atoms with Crippen molar-refractivity contribution in [2.45, 2.75) is 19.4 Å². The first-order valence-electron chi connectivity index (χ1n) is 8.38. The number of hydrogen-bond acceptors (Lipinski definition) is 6. The van der Waals surface area contributed by atoms with E-state index in [0.717, 1.165) is 31.5 Å². The highest BCUT2D eigenvalue weighted by Crippen LogP contribution is 2.23. The number of halogens is 1. The van der Waals surface area contributed by atoms with Crippen molar-refractivity contribution in [3.63, 3.8) is 0 Å². The molecule has 0 atom stereocenters. The fourth-order valence-electron chi connectivity index (χ4n) is 2.82. The monoisotopic (exact) mass is 376 g/mol. The maximum Gasteiger partial charge on any atom is 0.271 e. The highest BCUT2D eigenvalue weighted by Gasteiger charge is 2.19. The maximum absolute atomic E-state index is 12.5. The van der Waals surface area contributed by atoms with Crippen LogP contribution in [0.5, 0.6) is 11.5 Å². The molecule has 0 saturated carbocycles. The van der Waals surface area contributed by atoms with Crippen LogP contribution in [-0.2, 0) is 6.54 Å². The number of rotatable bonds is 6. The van der Waals surface area contributed by atoms with Gasteiger partial charge in [0.15, 0.2) is 5.69 Å². The Bertz CT molecular complexity index is 772. The minimum atomic E-state index is -0.348. The summed E-state index contributed by atoms with van der Waals surface area (Å²) < 4.78 is 10.5. The molecule has 0 unspecified atom stereocenters. The molecule has 0 bridgehead atoms. The number of ether oxygens (including phenoxy) is 2. The van der Waals surface area contributed by atoms with Crippen LogP contribution < -0.4 is 19.7 Å². The van der Waals surface area contributed by atoms with Crippen LogP contribution in [0.3, 0.4) is 0 Å². The Hall–Kier alpha value is -2.54. The highest BCUT2D eigenvalue weighted by molar-refractivity contribution is 6.33. The van der Waals surface area contributed by atoms with Gasteiger partial charge in [-0.2, -0.15) is 0 Å². The molecular weight excluding hydrogens is 356 g/mol. The summed E-state index contributed by atoms with van der Waals surface area (Å²) in [5, 5.41) is 3.06. The lowest BCUT2D eigenvalue weighted by molar-refractivity contribution is 0.0946. The van der Waals surface area contributed by atoms with Gasteiger partial charge in [-0.3, -0.25) is 4.79 Å². The number of nitrogens with zero attached hydrogens (tertiary/aromatic N) is 3. The third kappa shape index (κ3) is 4.16. The van der Waals surface area contributed by atoms with Crippen LogP contribution >= 0.6 is 11.6 Å². The van der Waals surface area contributed by atoms with Gasteiger partial charge < -0.3 is 19.7 Å². The molecule has 26 heavy (non-hydrogen) atoms. The average molecular weight is 377 g/mol. The Morgan fingerprint density at radius 1 is 1.19 bits per heavy atom. The van der Waals surface area contributed by atoms with Crippen LogP contribution in [0, 0.1) is 0 Å². The van der Waals surface area contributed by atoms with E-state index in [1.54, 1.807) is 20.3 Å². The minimum absolute atomic E-state index is 0.179. The molecule has 3 rings (SSSR count). The molecule has 2 aromatic rings. The lowest BCUT2D eigenvalue weighted by Crippen LogP contribution is -2.26. The summed E-state index contributed by atoms with van der Waals surface area (Å²) in [4.78, 5) is 23.2. The number of carbonyl (C=O) groups is 1. The van der Waals surface area contributed by atoms with Gasteiger partial charge in [0.25, 0.3) is 5.91 Å². The van der Waals surface area contributed by atoms with Crippen LogP contribution in [-0.4, -0.2) is 43.2 Å². The van der Waals surface area contributed by atoms with Crippen LogP contribution in [0.15, 0.2) is 24.4 Å². The van der Waals surface area contributed by atoms with Gasteiger partial charge in [-0.1, -0.05) is 11.6 Å². The third-order valence-corrected chi connectivity index (χ3v) is 4.48.